The number of nitrogens with one attached hydrogen (secondary N) is 1. The summed E-state index contributed by atoms with van der Waals surface area (Å²) in [5, 5.41) is 1.90. The molecule has 0 fully saturated rings. The molecule has 3 aromatic rings. The molecule has 0 aliphatic rings. The number of aryl methyl sites for hydroxylation is 1. The molecule has 0 saturated heterocycles. The summed E-state index contributed by atoms with van der Waals surface area (Å²) in [6.45, 7) is 2.05. The number of aromatic nitrogens is 4. The number of benzene rings is 1. The van der Waals surface area contributed by atoms with Gasteiger partial charge in [-0.05, 0) is 52.3 Å². The first-order valence-corrected chi connectivity index (χ1v) is 7.42. The van der Waals surface area contributed by atoms with Crippen LogP contribution in [0.1, 0.15) is 5.56 Å². The van der Waals surface area contributed by atoms with Crippen molar-refractivity contribution >= 4 is 50.3 Å². The Morgan fingerprint density at radius 3 is 3.00 bits per heavy atom. The Morgan fingerprint density at radius 2 is 2.16 bits per heavy atom. The lowest BCUT2D eigenvalue weighted by Gasteiger charge is -2.00. The van der Waals surface area contributed by atoms with Gasteiger partial charge in [-0.3, -0.25) is 0 Å². The summed E-state index contributed by atoms with van der Waals surface area (Å²) >= 11 is 10.7. The second kappa shape index (κ2) is 5.11. The van der Waals surface area contributed by atoms with Crippen LogP contribution in [0.4, 0.5) is 0 Å². The van der Waals surface area contributed by atoms with Gasteiger partial charge in [-0.2, -0.15) is 0 Å². The Labute approximate surface area is 127 Å². The van der Waals surface area contributed by atoms with Gasteiger partial charge in [0.05, 0.1) is 15.5 Å². The summed E-state index contributed by atoms with van der Waals surface area (Å²) in [4.78, 5) is 15.8. The molecule has 7 heteroatoms. The maximum Gasteiger partial charge on any atom is 0.172 e. The van der Waals surface area contributed by atoms with Gasteiger partial charge in [-0.25, -0.2) is 15.0 Å². The van der Waals surface area contributed by atoms with Crippen LogP contribution in [0.2, 0.25) is 5.15 Å². The Hall–Kier alpha value is -1.11. The van der Waals surface area contributed by atoms with E-state index in [1.807, 2.05) is 19.1 Å². The number of halogens is 2. The molecule has 0 radical (unpaired) electrons. The van der Waals surface area contributed by atoms with Crippen LogP contribution in [0.5, 0.6) is 0 Å². The van der Waals surface area contributed by atoms with E-state index in [1.165, 1.54) is 23.7 Å². The van der Waals surface area contributed by atoms with Crippen molar-refractivity contribution in [3.8, 4) is 0 Å². The molecule has 2 heterocycles. The third-order valence-corrected chi connectivity index (χ3v) is 4.94. The predicted octanol–water partition coefficient (Wildman–Crippen LogP) is 4.23. The minimum absolute atomic E-state index is 0.393. The lowest BCUT2D eigenvalue weighted by Crippen LogP contribution is -1.87. The van der Waals surface area contributed by atoms with Crippen molar-refractivity contribution in [1.29, 1.82) is 0 Å². The molecule has 0 spiro atoms. The first-order valence-electron chi connectivity index (χ1n) is 5.44. The van der Waals surface area contributed by atoms with Gasteiger partial charge in [0.1, 0.15) is 16.5 Å². The number of rotatable bonds is 2. The number of fused-ring (bicyclic) bond motifs is 1. The number of nitrogens with zero attached hydrogens (tertiary/aromatic N) is 3. The number of imidazole rings is 1. The number of hydrogen-bond donors (Lipinski definition) is 1. The minimum Gasteiger partial charge on any atom is -0.333 e. The third-order valence-electron chi connectivity index (χ3n) is 2.52. The lowest BCUT2D eigenvalue weighted by atomic mass is 10.2. The number of aromatic amines is 1. The van der Waals surface area contributed by atoms with Gasteiger partial charge >= 0.3 is 0 Å². The first kappa shape index (κ1) is 12.9. The number of H-pyrrole nitrogens is 1. The highest BCUT2D eigenvalue weighted by Gasteiger charge is 2.11. The van der Waals surface area contributed by atoms with E-state index < -0.39 is 0 Å². The van der Waals surface area contributed by atoms with E-state index in [0.717, 1.165) is 21.2 Å². The summed E-state index contributed by atoms with van der Waals surface area (Å²) in [6, 6.07) is 6.09. The van der Waals surface area contributed by atoms with Crippen molar-refractivity contribution in [3.63, 3.8) is 0 Å². The average Bonchev–Trinajstić information content (AvgIpc) is 2.76. The quantitative estimate of drug-likeness (QED) is 0.699. The molecule has 2 aromatic heterocycles. The molecule has 0 saturated carbocycles. The largest absolute Gasteiger partial charge is 0.333 e. The molecule has 3 rings (SSSR count). The molecule has 0 amide bonds. The molecule has 1 N–H and O–H groups in total. The van der Waals surface area contributed by atoms with Crippen LogP contribution in [-0.2, 0) is 0 Å². The Morgan fingerprint density at radius 1 is 1.32 bits per heavy atom. The SMILES string of the molecule is Cc1ccc2nc(Sc3ncnc(Cl)c3Br)[nH]c2c1. The summed E-state index contributed by atoms with van der Waals surface area (Å²) in [7, 11) is 0. The van der Waals surface area contributed by atoms with Crippen LogP contribution in [0.3, 0.4) is 0 Å². The van der Waals surface area contributed by atoms with E-state index in [2.05, 4.69) is 41.9 Å². The summed E-state index contributed by atoms with van der Waals surface area (Å²) in [5.41, 5.74) is 3.14. The topological polar surface area (TPSA) is 54.5 Å². The number of hydrogen-bond acceptors (Lipinski definition) is 4. The summed E-state index contributed by atoms with van der Waals surface area (Å²) in [6.07, 6.45) is 1.43. The molecule has 0 unspecified atom stereocenters. The molecule has 0 aliphatic heterocycles. The minimum atomic E-state index is 0.393. The van der Waals surface area contributed by atoms with E-state index in [-0.39, 0.29) is 0 Å². The van der Waals surface area contributed by atoms with E-state index in [9.17, 15) is 0 Å². The van der Waals surface area contributed by atoms with Gasteiger partial charge in [-0.1, -0.05) is 17.7 Å². The van der Waals surface area contributed by atoms with Gasteiger partial charge in [0.2, 0.25) is 0 Å². The van der Waals surface area contributed by atoms with E-state index >= 15 is 0 Å². The van der Waals surface area contributed by atoms with Crippen molar-refractivity contribution in [1.82, 2.24) is 19.9 Å². The smallest absolute Gasteiger partial charge is 0.172 e. The molecule has 0 aliphatic carbocycles. The molecule has 0 atom stereocenters. The van der Waals surface area contributed by atoms with Crippen LogP contribution >= 0.6 is 39.3 Å². The monoisotopic (exact) mass is 354 g/mol. The van der Waals surface area contributed by atoms with Crippen LogP contribution in [0.15, 0.2) is 39.2 Å². The Bertz CT molecular complexity index is 759. The van der Waals surface area contributed by atoms with Crippen molar-refractivity contribution in [2.75, 3.05) is 0 Å². The Balaban J connectivity index is 1.99. The molecule has 96 valence electrons. The van der Waals surface area contributed by atoms with Gasteiger partial charge in [0.15, 0.2) is 5.16 Å². The van der Waals surface area contributed by atoms with E-state index in [1.54, 1.807) is 0 Å². The van der Waals surface area contributed by atoms with Gasteiger partial charge in [0, 0.05) is 0 Å². The molecule has 19 heavy (non-hydrogen) atoms. The summed E-state index contributed by atoms with van der Waals surface area (Å²) < 4.78 is 0.679. The van der Waals surface area contributed by atoms with Crippen molar-refractivity contribution < 1.29 is 0 Å². The van der Waals surface area contributed by atoms with Crippen molar-refractivity contribution in [3.05, 3.63) is 39.7 Å². The highest BCUT2D eigenvalue weighted by molar-refractivity contribution is 9.10. The zero-order valence-electron chi connectivity index (χ0n) is 9.82. The fourth-order valence-corrected chi connectivity index (χ4v) is 3.06. The Kier molecular flexibility index (Phi) is 3.47. The van der Waals surface area contributed by atoms with Crippen molar-refractivity contribution in [2.24, 2.45) is 0 Å². The van der Waals surface area contributed by atoms with E-state index in [4.69, 9.17) is 11.6 Å². The van der Waals surface area contributed by atoms with Gasteiger partial charge in [0.25, 0.3) is 0 Å². The van der Waals surface area contributed by atoms with Crippen molar-refractivity contribution in [2.45, 2.75) is 17.1 Å². The maximum atomic E-state index is 5.94. The molecule has 1 aromatic carbocycles. The molecular formula is C12H8BrClN4S. The maximum absolute atomic E-state index is 5.94. The highest BCUT2D eigenvalue weighted by atomic mass is 79.9. The van der Waals surface area contributed by atoms with Crippen LogP contribution in [0, 0.1) is 6.92 Å². The average molecular weight is 356 g/mol. The predicted molar refractivity (Wildman–Crippen MR) is 79.7 cm³/mol. The molecular weight excluding hydrogens is 348 g/mol. The second-order valence-corrected chi connectivity index (χ2v) is 6.08. The fourth-order valence-electron chi connectivity index (χ4n) is 1.64. The molecule has 4 nitrogen and oxygen atoms in total. The van der Waals surface area contributed by atoms with Crippen LogP contribution in [-0.4, -0.2) is 19.9 Å². The summed E-state index contributed by atoms with van der Waals surface area (Å²) in [5.74, 6) is 0. The third kappa shape index (κ3) is 2.61. The standard InChI is InChI=1S/C12H8BrClN4S/c1-6-2-3-7-8(4-6)18-12(17-7)19-11-9(13)10(14)15-5-16-11/h2-5H,1H3,(H,17,18). The molecule has 0 bridgehead atoms. The van der Waals surface area contributed by atoms with Crippen LogP contribution < -0.4 is 0 Å². The lowest BCUT2D eigenvalue weighted by molar-refractivity contribution is 1.01. The zero-order chi connectivity index (χ0) is 13.4. The fraction of sp³-hybridized carbons (Fsp3) is 0.0833. The van der Waals surface area contributed by atoms with Crippen LogP contribution in [0.25, 0.3) is 11.0 Å². The van der Waals surface area contributed by atoms with E-state index in [0.29, 0.717) is 9.63 Å². The normalized spacial score (nSPS) is 11.1. The first-order chi connectivity index (χ1) is 9.13. The van der Waals surface area contributed by atoms with Gasteiger partial charge in [-0.15, -0.1) is 0 Å². The second-order valence-electron chi connectivity index (χ2n) is 3.95. The van der Waals surface area contributed by atoms with Gasteiger partial charge < -0.3 is 4.98 Å². The zero-order valence-corrected chi connectivity index (χ0v) is 13.0. The highest BCUT2D eigenvalue weighted by Crippen LogP contribution is 2.33.